The van der Waals surface area contributed by atoms with Crippen molar-refractivity contribution >= 4 is 27.7 Å². The number of nitrogens with one attached hydrogen (secondary N) is 2. The maximum atomic E-state index is 11.8. The largest absolute Gasteiger partial charge is 0.405 e. The maximum absolute atomic E-state index is 11.8. The Balaban J connectivity index is 2.28. The number of benzene rings is 1. The molecule has 0 aliphatic carbocycles. The van der Waals surface area contributed by atoms with E-state index in [-0.39, 0.29) is 18.9 Å². The predicted octanol–water partition coefficient (Wildman–Crippen LogP) is 2.25. The minimum Gasteiger partial charge on any atom is -0.352 e. The Morgan fingerprint density at radius 2 is 1.70 bits per heavy atom. The molecular weight excluding hydrogens is 341 g/mol. The molecule has 0 unspecified atom stereocenters. The van der Waals surface area contributed by atoms with Crippen molar-refractivity contribution in [2.45, 2.75) is 12.6 Å². The van der Waals surface area contributed by atoms with Crippen LogP contribution >= 0.6 is 15.9 Å². The van der Waals surface area contributed by atoms with Gasteiger partial charge in [-0.3, -0.25) is 9.59 Å². The van der Waals surface area contributed by atoms with Crippen molar-refractivity contribution in [2.24, 2.45) is 0 Å². The normalized spacial score (nSPS) is 11.0. The lowest BCUT2D eigenvalue weighted by molar-refractivity contribution is -0.138. The van der Waals surface area contributed by atoms with E-state index in [1.165, 1.54) is 0 Å². The summed E-state index contributed by atoms with van der Waals surface area (Å²) in [5.41, 5.74) is 0.406. The van der Waals surface area contributed by atoms with Gasteiger partial charge >= 0.3 is 6.18 Å². The molecule has 2 N–H and O–H groups in total. The first-order valence-corrected chi connectivity index (χ1v) is 6.44. The van der Waals surface area contributed by atoms with Crippen LogP contribution in [0.5, 0.6) is 0 Å². The van der Waals surface area contributed by atoms with Crippen LogP contribution in [0, 0.1) is 0 Å². The van der Waals surface area contributed by atoms with Crippen molar-refractivity contribution in [1.82, 2.24) is 10.6 Å². The van der Waals surface area contributed by atoms with Gasteiger partial charge in [0.05, 0.1) is 0 Å². The van der Waals surface area contributed by atoms with Gasteiger partial charge in [-0.2, -0.15) is 13.2 Å². The number of alkyl halides is 3. The molecule has 0 aromatic heterocycles. The van der Waals surface area contributed by atoms with Crippen molar-refractivity contribution in [1.29, 1.82) is 0 Å². The molecule has 0 saturated heterocycles. The van der Waals surface area contributed by atoms with Crippen molar-refractivity contribution < 1.29 is 22.8 Å². The lowest BCUT2D eigenvalue weighted by Gasteiger charge is -2.09. The third-order valence-corrected chi connectivity index (χ3v) is 2.76. The second-order valence-electron chi connectivity index (χ2n) is 3.90. The summed E-state index contributed by atoms with van der Waals surface area (Å²) in [7, 11) is 0. The molecule has 0 spiro atoms. The van der Waals surface area contributed by atoms with Gasteiger partial charge in [-0.1, -0.05) is 15.9 Å². The number of rotatable bonds is 5. The summed E-state index contributed by atoms with van der Waals surface area (Å²) in [5, 5.41) is 4.17. The number of hydrogen-bond acceptors (Lipinski definition) is 2. The Morgan fingerprint density at radius 3 is 2.25 bits per heavy atom. The molecule has 0 radical (unpaired) electrons. The second kappa shape index (κ2) is 7.28. The van der Waals surface area contributed by atoms with Crippen LogP contribution in [0.15, 0.2) is 28.7 Å². The molecule has 110 valence electrons. The molecule has 0 bridgehead atoms. The molecule has 2 amide bonds. The van der Waals surface area contributed by atoms with Gasteiger partial charge in [0, 0.05) is 23.0 Å². The molecular formula is C12H12BrF3N2O2. The first-order chi connectivity index (χ1) is 9.28. The zero-order valence-electron chi connectivity index (χ0n) is 10.3. The Kier molecular flexibility index (Phi) is 6.00. The lowest BCUT2D eigenvalue weighted by Crippen LogP contribution is -2.36. The Morgan fingerprint density at radius 1 is 1.10 bits per heavy atom. The summed E-state index contributed by atoms with van der Waals surface area (Å²) in [6, 6.07) is 6.54. The predicted molar refractivity (Wildman–Crippen MR) is 70.2 cm³/mol. The highest BCUT2D eigenvalue weighted by molar-refractivity contribution is 9.10. The van der Waals surface area contributed by atoms with E-state index < -0.39 is 18.6 Å². The second-order valence-corrected chi connectivity index (χ2v) is 4.82. The number of halogens is 4. The number of carbonyl (C=O) groups is 2. The van der Waals surface area contributed by atoms with Crippen molar-refractivity contribution in [2.75, 3.05) is 13.1 Å². The van der Waals surface area contributed by atoms with Gasteiger partial charge < -0.3 is 10.6 Å². The van der Waals surface area contributed by atoms with Crippen LogP contribution in [0.25, 0.3) is 0 Å². The summed E-state index contributed by atoms with van der Waals surface area (Å²) >= 11 is 3.22. The fourth-order valence-electron chi connectivity index (χ4n) is 1.28. The molecule has 0 saturated carbocycles. The van der Waals surface area contributed by atoms with Crippen molar-refractivity contribution in [3.63, 3.8) is 0 Å². The van der Waals surface area contributed by atoms with E-state index >= 15 is 0 Å². The van der Waals surface area contributed by atoms with Gasteiger partial charge in [0.1, 0.15) is 6.54 Å². The van der Waals surface area contributed by atoms with Crippen LogP contribution < -0.4 is 10.6 Å². The number of amides is 2. The van der Waals surface area contributed by atoms with Crippen LogP contribution in [0.4, 0.5) is 13.2 Å². The summed E-state index contributed by atoms with van der Waals surface area (Å²) < 4.78 is 36.3. The topological polar surface area (TPSA) is 58.2 Å². The molecule has 0 aliphatic heterocycles. The Hall–Kier alpha value is -1.57. The van der Waals surface area contributed by atoms with E-state index in [0.717, 1.165) is 4.47 Å². The molecule has 1 aromatic rings. The molecule has 1 rings (SSSR count). The molecule has 8 heteroatoms. The van der Waals surface area contributed by atoms with Crippen LogP contribution in [-0.4, -0.2) is 31.1 Å². The SMILES string of the molecule is O=C(CCNC(=O)c1ccc(Br)cc1)NCC(F)(F)F. The van der Waals surface area contributed by atoms with Gasteiger partial charge in [-0.25, -0.2) is 0 Å². The van der Waals surface area contributed by atoms with Crippen LogP contribution in [0.1, 0.15) is 16.8 Å². The zero-order valence-corrected chi connectivity index (χ0v) is 11.8. The van der Waals surface area contributed by atoms with E-state index in [2.05, 4.69) is 21.2 Å². The molecule has 4 nitrogen and oxygen atoms in total. The fourth-order valence-corrected chi connectivity index (χ4v) is 1.54. The van der Waals surface area contributed by atoms with E-state index in [4.69, 9.17) is 0 Å². The van der Waals surface area contributed by atoms with Gasteiger partial charge in [0.25, 0.3) is 5.91 Å². The average Bonchev–Trinajstić information content (AvgIpc) is 2.36. The van der Waals surface area contributed by atoms with Crippen LogP contribution in [0.2, 0.25) is 0 Å². The quantitative estimate of drug-likeness (QED) is 0.853. The molecule has 0 aliphatic rings. The van der Waals surface area contributed by atoms with E-state index in [0.29, 0.717) is 5.56 Å². The van der Waals surface area contributed by atoms with Gasteiger partial charge in [0.2, 0.25) is 5.91 Å². The number of hydrogen-bond donors (Lipinski definition) is 2. The highest BCUT2D eigenvalue weighted by atomic mass is 79.9. The average molecular weight is 353 g/mol. The zero-order chi connectivity index (χ0) is 15.2. The molecule has 0 heterocycles. The maximum Gasteiger partial charge on any atom is 0.405 e. The van der Waals surface area contributed by atoms with E-state index in [1.807, 2.05) is 0 Å². The van der Waals surface area contributed by atoms with Crippen molar-refractivity contribution in [3.05, 3.63) is 34.3 Å². The minimum atomic E-state index is -4.43. The highest BCUT2D eigenvalue weighted by Crippen LogP contribution is 2.12. The first-order valence-electron chi connectivity index (χ1n) is 5.65. The summed E-state index contributed by atoms with van der Waals surface area (Å²) in [4.78, 5) is 22.7. The van der Waals surface area contributed by atoms with E-state index in [9.17, 15) is 22.8 Å². The standard InChI is InChI=1S/C12H12BrF3N2O2/c13-9-3-1-8(2-4-9)11(20)17-6-5-10(19)18-7-12(14,15)16/h1-4H,5-7H2,(H,17,20)(H,18,19). The molecule has 1 aromatic carbocycles. The molecule has 0 atom stereocenters. The lowest BCUT2D eigenvalue weighted by atomic mass is 10.2. The highest BCUT2D eigenvalue weighted by Gasteiger charge is 2.27. The monoisotopic (exact) mass is 352 g/mol. The van der Waals surface area contributed by atoms with E-state index in [1.54, 1.807) is 29.6 Å². The summed E-state index contributed by atoms with van der Waals surface area (Å²) in [6.07, 6.45) is -4.64. The first kappa shape index (κ1) is 16.5. The van der Waals surface area contributed by atoms with Gasteiger partial charge in [-0.15, -0.1) is 0 Å². The summed E-state index contributed by atoms with van der Waals surface area (Å²) in [6.45, 7) is -1.40. The third kappa shape index (κ3) is 6.55. The minimum absolute atomic E-state index is 0.0292. The van der Waals surface area contributed by atoms with Crippen molar-refractivity contribution in [3.8, 4) is 0 Å². The molecule has 0 fully saturated rings. The fraction of sp³-hybridized carbons (Fsp3) is 0.333. The van der Waals surface area contributed by atoms with Crippen LogP contribution in [-0.2, 0) is 4.79 Å². The van der Waals surface area contributed by atoms with Crippen LogP contribution in [0.3, 0.4) is 0 Å². The van der Waals surface area contributed by atoms with Gasteiger partial charge in [-0.05, 0) is 24.3 Å². The summed E-state index contributed by atoms with van der Waals surface area (Å²) in [5.74, 6) is -1.15. The number of carbonyl (C=O) groups excluding carboxylic acids is 2. The Labute approximate surface area is 121 Å². The Bertz CT molecular complexity index is 475. The van der Waals surface area contributed by atoms with Gasteiger partial charge in [0.15, 0.2) is 0 Å². The molecule has 20 heavy (non-hydrogen) atoms. The smallest absolute Gasteiger partial charge is 0.352 e. The third-order valence-electron chi connectivity index (χ3n) is 2.23.